The number of aliphatic carboxylic acids is 1. The molecule has 0 atom stereocenters. The fraction of sp³-hybridized carbons (Fsp3) is 0.417. The second-order valence-corrected chi connectivity index (χ2v) is 4.71. The molecule has 1 aliphatic rings. The van der Waals surface area contributed by atoms with E-state index in [1.807, 2.05) is 0 Å². The standard InChI is InChI=1S/C12H13ClO3/c1-7-3-4-8(9(13)10(7)14)12(11(15)16)5-2-6-12/h3-4,14H,2,5-6H2,1H3,(H,15,16). The average Bonchev–Trinajstić information content (AvgIpc) is 2.16. The maximum absolute atomic E-state index is 11.3. The number of benzene rings is 1. The Hall–Kier alpha value is -1.22. The monoisotopic (exact) mass is 240 g/mol. The summed E-state index contributed by atoms with van der Waals surface area (Å²) in [6.45, 7) is 1.74. The van der Waals surface area contributed by atoms with Crippen molar-refractivity contribution in [1.82, 2.24) is 0 Å². The fourth-order valence-electron chi connectivity index (χ4n) is 2.16. The van der Waals surface area contributed by atoms with E-state index in [9.17, 15) is 15.0 Å². The van der Waals surface area contributed by atoms with Crippen LogP contribution in [0.3, 0.4) is 0 Å². The van der Waals surface area contributed by atoms with E-state index >= 15 is 0 Å². The minimum atomic E-state index is -0.887. The number of carbonyl (C=O) groups is 1. The minimum Gasteiger partial charge on any atom is -0.506 e. The van der Waals surface area contributed by atoms with Crippen molar-refractivity contribution in [1.29, 1.82) is 0 Å². The van der Waals surface area contributed by atoms with Gasteiger partial charge < -0.3 is 10.2 Å². The van der Waals surface area contributed by atoms with Gasteiger partial charge in [-0.1, -0.05) is 30.2 Å². The summed E-state index contributed by atoms with van der Waals surface area (Å²) in [5.74, 6) is -0.865. The number of hydrogen-bond acceptors (Lipinski definition) is 2. The molecule has 16 heavy (non-hydrogen) atoms. The molecule has 0 bridgehead atoms. The van der Waals surface area contributed by atoms with Crippen molar-refractivity contribution in [2.75, 3.05) is 0 Å². The van der Waals surface area contributed by atoms with Gasteiger partial charge in [-0.3, -0.25) is 4.79 Å². The minimum absolute atomic E-state index is 0.00769. The number of hydrogen-bond donors (Lipinski definition) is 2. The smallest absolute Gasteiger partial charge is 0.314 e. The molecule has 0 spiro atoms. The first kappa shape index (κ1) is 11.3. The Bertz CT molecular complexity index is 450. The lowest BCUT2D eigenvalue weighted by molar-refractivity contribution is -0.147. The lowest BCUT2D eigenvalue weighted by Gasteiger charge is -2.38. The van der Waals surface area contributed by atoms with Crippen molar-refractivity contribution in [2.24, 2.45) is 0 Å². The first-order chi connectivity index (χ1) is 7.49. The maximum atomic E-state index is 11.3. The Morgan fingerprint density at radius 2 is 2.06 bits per heavy atom. The van der Waals surface area contributed by atoms with Crippen LogP contribution in [-0.4, -0.2) is 16.2 Å². The van der Waals surface area contributed by atoms with E-state index in [4.69, 9.17) is 11.6 Å². The molecule has 1 fully saturated rings. The molecule has 86 valence electrons. The summed E-state index contributed by atoms with van der Waals surface area (Å²) in [5.41, 5.74) is 0.312. The van der Waals surface area contributed by atoms with Gasteiger partial charge in [0.15, 0.2) is 0 Å². The molecule has 1 aliphatic carbocycles. The van der Waals surface area contributed by atoms with E-state index in [2.05, 4.69) is 0 Å². The molecule has 4 heteroatoms. The fourth-order valence-corrected chi connectivity index (χ4v) is 2.55. The number of aryl methyl sites for hydroxylation is 1. The maximum Gasteiger partial charge on any atom is 0.314 e. The number of halogens is 1. The van der Waals surface area contributed by atoms with Crippen molar-refractivity contribution in [3.8, 4) is 5.75 Å². The number of phenolic OH excluding ortho intramolecular Hbond substituents is 1. The summed E-state index contributed by atoms with van der Waals surface area (Å²) in [6, 6.07) is 3.42. The number of carboxylic acids is 1. The third-order valence-corrected chi connectivity index (χ3v) is 3.83. The van der Waals surface area contributed by atoms with Gasteiger partial charge in [0.05, 0.1) is 10.4 Å². The van der Waals surface area contributed by atoms with E-state index in [0.717, 1.165) is 6.42 Å². The zero-order valence-electron chi connectivity index (χ0n) is 8.96. The molecule has 2 N–H and O–H groups in total. The van der Waals surface area contributed by atoms with Gasteiger partial charge >= 0.3 is 5.97 Å². The number of aromatic hydroxyl groups is 1. The third-order valence-electron chi connectivity index (χ3n) is 3.45. The first-order valence-electron chi connectivity index (χ1n) is 5.21. The molecule has 0 aliphatic heterocycles. The molecule has 1 saturated carbocycles. The SMILES string of the molecule is Cc1ccc(C2(C(=O)O)CCC2)c(Cl)c1O. The highest BCUT2D eigenvalue weighted by molar-refractivity contribution is 6.33. The number of carboxylic acid groups (broad SMARTS) is 1. The Kier molecular flexibility index (Phi) is 2.58. The average molecular weight is 241 g/mol. The molecule has 1 aromatic carbocycles. The van der Waals surface area contributed by atoms with Gasteiger partial charge in [0.25, 0.3) is 0 Å². The van der Waals surface area contributed by atoms with Gasteiger partial charge in [-0.25, -0.2) is 0 Å². The van der Waals surface area contributed by atoms with Crippen LogP contribution in [0.4, 0.5) is 0 Å². The predicted octanol–water partition coefficient (Wildman–Crippen LogP) is 2.86. The second kappa shape index (κ2) is 3.67. The second-order valence-electron chi connectivity index (χ2n) is 4.33. The van der Waals surface area contributed by atoms with E-state index in [-0.39, 0.29) is 10.8 Å². The number of rotatable bonds is 2. The largest absolute Gasteiger partial charge is 0.506 e. The zero-order valence-corrected chi connectivity index (χ0v) is 9.71. The molecule has 0 radical (unpaired) electrons. The number of phenols is 1. The molecule has 0 amide bonds. The van der Waals surface area contributed by atoms with Crippen LogP contribution in [0.2, 0.25) is 5.02 Å². The topological polar surface area (TPSA) is 57.5 Å². The van der Waals surface area contributed by atoms with Crippen LogP contribution in [0.15, 0.2) is 12.1 Å². The van der Waals surface area contributed by atoms with Crippen LogP contribution < -0.4 is 0 Å². The summed E-state index contributed by atoms with van der Waals surface area (Å²) in [6.07, 6.45) is 2.06. The molecule has 0 saturated heterocycles. The Morgan fingerprint density at radius 1 is 1.44 bits per heavy atom. The van der Waals surface area contributed by atoms with Crippen molar-refractivity contribution in [2.45, 2.75) is 31.6 Å². The van der Waals surface area contributed by atoms with Gasteiger partial charge in [0.2, 0.25) is 0 Å². The zero-order chi connectivity index (χ0) is 11.9. The van der Waals surface area contributed by atoms with Crippen LogP contribution in [0.25, 0.3) is 0 Å². The molecule has 3 nitrogen and oxygen atoms in total. The van der Waals surface area contributed by atoms with Gasteiger partial charge in [-0.15, -0.1) is 0 Å². The molecule has 1 aromatic rings. The quantitative estimate of drug-likeness (QED) is 0.836. The summed E-state index contributed by atoms with van der Waals surface area (Å²) in [5, 5.41) is 19.2. The van der Waals surface area contributed by atoms with Gasteiger partial charge in [0.1, 0.15) is 5.75 Å². The van der Waals surface area contributed by atoms with E-state index in [0.29, 0.717) is 24.0 Å². The van der Waals surface area contributed by atoms with Crippen LogP contribution >= 0.6 is 11.6 Å². The van der Waals surface area contributed by atoms with Crippen LogP contribution in [0, 0.1) is 6.92 Å². The Morgan fingerprint density at radius 3 is 2.50 bits per heavy atom. The molecule has 0 unspecified atom stereocenters. The third kappa shape index (κ3) is 1.39. The molecular weight excluding hydrogens is 228 g/mol. The van der Waals surface area contributed by atoms with Crippen molar-refractivity contribution < 1.29 is 15.0 Å². The van der Waals surface area contributed by atoms with Crippen molar-refractivity contribution >= 4 is 17.6 Å². The van der Waals surface area contributed by atoms with E-state index in [1.54, 1.807) is 19.1 Å². The Labute approximate surface area is 98.7 Å². The Balaban J connectivity index is 2.56. The predicted molar refractivity (Wildman–Crippen MR) is 61.0 cm³/mol. The molecule has 0 heterocycles. The normalized spacial score (nSPS) is 17.9. The van der Waals surface area contributed by atoms with Crippen LogP contribution in [0.1, 0.15) is 30.4 Å². The summed E-state index contributed by atoms with van der Waals surface area (Å²) in [7, 11) is 0. The van der Waals surface area contributed by atoms with Gasteiger partial charge in [-0.05, 0) is 30.9 Å². The van der Waals surface area contributed by atoms with Crippen LogP contribution in [-0.2, 0) is 10.2 Å². The highest BCUT2D eigenvalue weighted by Gasteiger charge is 2.47. The molecule has 2 rings (SSSR count). The van der Waals surface area contributed by atoms with Crippen molar-refractivity contribution in [3.63, 3.8) is 0 Å². The molecular formula is C12H13ClO3. The first-order valence-corrected chi connectivity index (χ1v) is 5.59. The summed E-state index contributed by atoms with van der Waals surface area (Å²) >= 11 is 6.03. The molecule has 0 aromatic heterocycles. The highest BCUT2D eigenvalue weighted by Crippen LogP contribution is 2.48. The summed E-state index contributed by atoms with van der Waals surface area (Å²) in [4.78, 5) is 11.3. The van der Waals surface area contributed by atoms with Crippen LogP contribution in [0.5, 0.6) is 5.75 Å². The van der Waals surface area contributed by atoms with Crippen molar-refractivity contribution in [3.05, 3.63) is 28.3 Å². The highest BCUT2D eigenvalue weighted by atomic mass is 35.5. The van der Waals surface area contributed by atoms with E-state index < -0.39 is 11.4 Å². The van der Waals surface area contributed by atoms with E-state index in [1.165, 1.54) is 0 Å². The van der Waals surface area contributed by atoms with Gasteiger partial charge in [0, 0.05) is 0 Å². The lowest BCUT2D eigenvalue weighted by Crippen LogP contribution is -2.42. The van der Waals surface area contributed by atoms with Gasteiger partial charge in [-0.2, -0.15) is 0 Å². The summed E-state index contributed by atoms with van der Waals surface area (Å²) < 4.78 is 0. The lowest BCUT2D eigenvalue weighted by atomic mass is 9.64.